The van der Waals surface area contributed by atoms with Crippen LogP contribution in [0.2, 0.25) is 5.02 Å². The molecular formula is C19H20ClNO2. The molecule has 0 aromatic heterocycles. The molecule has 0 spiro atoms. The maximum absolute atomic E-state index is 12.0. The molecule has 0 N–H and O–H groups in total. The van der Waals surface area contributed by atoms with Gasteiger partial charge in [0.2, 0.25) is 0 Å². The first kappa shape index (κ1) is 17.1. The summed E-state index contributed by atoms with van der Waals surface area (Å²) in [7, 11) is 3.75. The van der Waals surface area contributed by atoms with Crippen LogP contribution >= 0.6 is 11.6 Å². The lowest BCUT2D eigenvalue weighted by atomic mass is 10.0. The summed E-state index contributed by atoms with van der Waals surface area (Å²) >= 11 is 6.11. The Balaban J connectivity index is 2.35. The molecule has 0 aliphatic rings. The third-order valence-corrected chi connectivity index (χ3v) is 3.47. The highest BCUT2D eigenvalue weighted by atomic mass is 35.5. The average molecular weight is 330 g/mol. The Morgan fingerprint density at radius 2 is 1.87 bits per heavy atom. The normalized spacial score (nSPS) is 11.2. The van der Waals surface area contributed by atoms with Gasteiger partial charge in [-0.2, -0.15) is 0 Å². The number of ether oxygens (including phenoxy) is 1. The summed E-state index contributed by atoms with van der Waals surface area (Å²) in [6, 6.07) is 15.2. The summed E-state index contributed by atoms with van der Waals surface area (Å²) in [5, 5.41) is 0.568. The fraction of sp³-hybridized carbons (Fsp3) is 0.211. The first-order chi connectivity index (χ1) is 11.0. The predicted octanol–water partition coefficient (Wildman–Crippen LogP) is 4.41. The minimum absolute atomic E-state index is 0.0365. The lowest BCUT2D eigenvalue weighted by Gasteiger charge is -2.15. The summed E-state index contributed by atoms with van der Waals surface area (Å²) in [5.74, 6) is 0.604. The number of halogens is 1. The Hall–Kier alpha value is -2.26. The van der Waals surface area contributed by atoms with Crippen molar-refractivity contribution in [1.29, 1.82) is 0 Å². The minimum atomic E-state index is -0.0365. The molecule has 120 valence electrons. The van der Waals surface area contributed by atoms with E-state index in [0.29, 0.717) is 28.5 Å². The molecule has 0 fully saturated rings. The van der Waals surface area contributed by atoms with Crippen LogP contribution in [0.3, 0.4) is 0 Å². The fourth-order valence-electron chi connectivity index (χ4n) is 2.18. The van der Waals surface area contributed by atoms with Crippen LogP contribution < -0.4 is 4.74 Å². The van der Waals surface area contributed by atoms with Gasteiger partial charge in [-0.05, 0) is 30.7 Å². The van der Waals surface area contributed by atoms with Crippen molar-refractivity contribution in [3.8, 4) is 5.75 Å². The maximum atomic E-state index is 12.0. The van der Waals surface area contributed by atoms with E-state index in [-0.39, 0.29) is 5.78 Å². The number of carbonyl (C=O) groups excluding carboxylic acids is 1. The second-order valence-corrected chi connectivity index (χ2v) is 5.91. The summed E-state index contributed by atoms with van der Waals surface area (Å²) in [6.45, 7) is 1.97. The Bertz CT molecular complexity index is 709. The van der Waals surface area contributed by atoms with Gasteiger partial charge in [-0.25, -0.2) is 0 Å². The van der Waals surface area contributed by atoms with Crippen molar-refractivity contribution in [2.45, 2.75) is 13.5 Å². The van der Waals surface area contributed by atoms with Crippen LogP contribution in [-0.2, 0) is 11.4 Å². The molecule has 0 aliphatic carbocycles. The van der Waals surface area contributed by atoms with Gasteiger partial charge in [-0.3, -0.25) is 4.79 Å². The van der Waals surface area contributed by atoms with Crippen molar-refractivity contribution in [3.63, 3.8) is 0 Å². The second-order valence-electron chi connectivity index (χ2n) is 5.48. The molecule has 0 atom stereocenters. The van der Waals surface area contributed by atoms with Crippen LogP contribution in [-0.4, -0.2) is 24.8 Å². The average Bonchev–Trinajstić information content (AvgIpc) is 2.52. The predicted molar refractivity (Wildman–Crippen MR) is 94.6 cm³/mol. The fourth-order valence-corrected chi connectivity index (χ4v) is 2.35. The van der Waals surface area contributed by atoms with Gasteiger partial charge >= 0.3 is 0 Å². The molecule has 4 heteroatoms. The van der Waals surface area contributed by atoms with Crippen LogP contribution in [0.4, 0.5) is 0 Å². The minimum Gasteiger partial charge on any atom is -0.488 e. The van der Waals surface area contributed by atoms with E-state index in [0.717, 1.165) is 5.56 Å². The van der Waals surface area contributed by atoms with E-state index in [4.69, 9.17) is 16.3 Å². The van der Waals surface area contributed by atoms with Gasteiger partial charge in [-0.1, -0.05) is 41.9 Å². The molecule has 0 saturated carbocycles. The SMILES string of the molecule is CC(=O)C(=CN(C)C)c1cc(Cl)ccc1OCc1ccccc1. The molecule has 0 radical (unpaired) electrons. The molecule has 3 nitrogen and oxygen atoms in total. The molecule has 0 unspecified atom stereocenters. The zero-order valence-electron chi connectivity index (χ0n) is 13.5. The van der Waals surface area contributed by atoms with Crippen LogP contribution in [0, 0.1) is 0 Å². The van der Waals surface area contributed by atoms with Crippen molar-refractivity contribution < 1.29 is 9.53 Å². The lowest BCUT2D eigenvalue weighted by molar-refractivity contribution is -0.111. The number of Topliss-reactive ketones (excluding diaryl/α,β-unsaturated/α-hetero) is 1. The number of nitrogens with zero attached hydrogens (tertiary/aromatic N) is 1. The Morgan fingerprint density at radius 1 is 1.17 bits per heavy atom. The number of benzene rings is 2. The highest BCUT2D eigenvalue weighted by molar-refractivity contribution is 6.31. The number of hydrogen-bond acceptors (Lipinski definition) is 3. The summed E-state index contributed by atoms with van der Waals surface area (Å²) in [4.78, 5) is 13.9. The van der Waals surface area contributed by atoms with Crippen molar-refractivity contribution in [1.82, 2.24) is 4.90 Å². The van der Waals surface area contributed by atoms with Gasteiger partial charge in [0, 0.05) is 36.5 Å². The molecule has 0 amide bonds. The largest absolute Gasteiger partial charge is 0.488 e. The Kier molecular flexibility index (Phi) is 5.83. The van der Waals surface area contributed by atoms with Gasteiger partial charge in [-0.15, -0.1) is 0 Å². The van der Waals surface area contributed by atoms with Crippen molar-refractivity contribution in [2.24, 2.45) is 0 Å². The molecule has 0 heterocycles. The maximum Gasteiger partial charge on any atom is 0.162 e. The molecule has 2 aromatic rings. The van der Waals surface area contributed by atoms with Crippen LogP contribution in [0.1, 0.15) is 18.1 Å². The second kappa shape index (κ2) is 7.84. The van der Waals surface area contributed by atoms with Crippen molar-refractivity contribution >= 4 is 23.0 Å². The number of allylic oxidation sites excluding steroid dienone is 1. The van der Waals surface area contributed by atoms with Crippen molar-refractivity contribution in [2.75, 3.05) is 14.1 Å². The zero-order valence-corrected chi connectivity index (χ0v) is 14.3. The van der Waals surface area contributed by atoms with Crippen LogP contribution in [0.5, 0.6) is 5.75 Å². The van der Waals surface area contributed by atoms with Gasteiger partial charge in [0.1, 0.15) is 12.4 Å². The summed E-state index contributed by atoms with van der Waals surface area (Å²) in [5.41, 5.74) is 2.34. The van der Waals surface area contributed by atoms with Crippen LogP contribution in [0.15, 0.2) is 54.7 Å². The zero-order chi connectivity index (χ0) is 16.8. The van der Waals surface area contributed by atoms with E-state index in [9.17, 15) is 4.79 Å². The molecule has 0 saturated heterocycles. The van der Waals surface area contributed by atoms with Crippen molar-refractivity contribution in [3.05, 3.63) is 70.9 Å². The molecule has 2 rings (SSSR count). The topological polar surface area (TPSA) is 29.5 Å². The van der Waals surface area contributed by atoms with E-state index < -0.39 is 0 Å². The molecule has 0 aliphatic heterocycles. The lowest BCUT2D eigenvalue weighted by Crippen LogP contribution is -2.08. The first-order valence-corrected chi connectivity index (χ1v) is 7.71. The van der Waals surface area contributed by atoms with E-state index in [1.807, 2.05) is 49.3 Å². The summed E-state index contributed by atoms with van der Waals surface area (Å²) in [6.07, 6.45) is 1.78. The summed E-state index contributed by atoms with van der Waals surface area (Å²) < 4.78 is 5.92. The van der Waals surface area contributed by atoms with E-state index >= 15 is 0 Å². The first-order valence-electron chi connectivity index (χ1n) is 7.33. The Labute approximate surface area is 142 Å². The number of rotatable bonds is 6. The molecule has 23 heavy (non-hydrogen) atoms. The standard InChI is InChI=1S/C19H20ClNO2/c1-14(22)18(12-21(2)3)17-11-16(20)9-10-19(17)23-13-15-7-5-4-6-8-15/h4-12H,13H2,1-3H3. The van der Waals surface area contributed by atoms with Gasteiger partial charge in [0.05, 0.1) is 0 Å². The number of hydrogen-bond donors (Lipinski definition) is 0. The number of ketones is 1. The highest BCUT2D eigenvalue weighted by Gasteiger charge is 2.14. The van der Waals surface area contributed by atoms with Gasteiger partial charge < -0.3 is 9.64 Å². The monoisotopic (exact) mass is 329 g/mol. The van der Waals surface area contributed by atoms with Gasteiger partial charge in [0.15, 0.2) is 5.78 Å². The van der Waals surface area contributed by atoms with E-state index in [2.05, 4.69) is 0 Å². The number of carbonyl (C=O) groups is 1. The third kappa shape index (κ3) is 4.86. The van der Waals surface area contributed by atoms with E-state index in [1.165, 1.54) is 6.92 Å². The molecular weight excluding hydrogens is 310 g/mol. The van der Waals surface area contributed by atoms with E-state index in [1.54, 1.807) is 24.4 Å². The molecule has 0 bridgehead atoms. The Morgan fingerprint density at radius 3 is 2.48 bits per heavy atom. The highest BCUT2D eigenvalue weighted by Crippen LogP contribution is 2.30. The van der Waals surface area contributed by atoms with Crippen LogP contribution in [0.25, 0.3) is 5.57 Å². The van der Waals surface area contributed by atoms with Gasteiger partial charge in [0.25, 0.3) is 0 Å². The smallest absolute Gasteiger partial charge is 0.162 e. The quantitative estimate of drug-likeness (QED) is 0.735. The third-order valence-electron chi connectivity index (χ3n) is 3.24. The molecule has 2 aromatic carbocycles.